The van der Waals surface area contributed by atoms with Crippen molar-refractivity contribution >= 4 is 48.7 Å². The molecule has 0 spiro atoms. The molecule has 0 unspecified atom stereocenters. The second-order valence-corrected chi connectivity index (χ2v) is 44.3. The Kier molecular flexibility index (Phi) is 41.7. The van der Waals surface area contributed by atoms with Gasteiger partial charge in [0.2, 0.25) is 0 Å². The minimum atomic E-state index is -1.53. The van der Waals surface area contributed by atoms with Crippen LogP contribution < -0.4 is 118 Å². The van der Waals surface area contributed by atoms with Gasteiger partial charge in [0.05, 0.1) is 0 Å². The molecule has 0 aliphatic heterocycles. The van der Waals surface area contributed by atoms with E-state index in [0.29, 0.717) is 0 Å². The first kappa shape index (κ1) is 108. The van der Waals surface area contributed by atoms with E-state index < -0.39 is 8.07 Å². The second-order valence-electron chi connectivity index (χ2n) is 39.5. The number of carbonyl (C=O) groups is 1. The molecule has 0 N–H and O–H groups in total. The van der Waals surface area contributed by atoms with E-state index >= 15 is 0 Å². The molecule has 0 aromatic heterocycles. The summed E-state index contributed by atoms with van der Waals surface area (Å²) in [5.41, 5.74) is 44.2. The molecule has 16 rings (SSSR count). The number of aryl methyl sites for hydroxylation is 4. The van der Waals surface area contributed by atoms with Crippen LogP contribution in [0.2, 0.25) is 19.6 Å². The van der Waals surface area contributed by atoms with Crippen LogP contribution in [-0.2, 0) is 20.5 Å². The Bertz CT molecular complexity index is 6080. The standard InChI is InChI=1S/C66H75NSi.C63H67N.CH2O3.2K.H/c1-8-10-12-14-16-18-45-66(46-19-17-15-13-11-9-2)64-48-52(44-47-68(5,6)7)24-42-62(64)63-43-35-58(49-65(63)66)57-33-40-61(41-34-57)67(59-36-29-55(30-37-59)53-25-20-50(3)21-26-53)60-38-31-56(32-39-60)54-27-22-51(4)23-28-54;1-6-9-11-13-15-17-43-63(44-18-16-14-12-10-7-2)61-45-49(8-3)23-41-59(61)60-42-34-55(46-62(60)63)54-32-39-58(40-33-54)64(56-35-28-52(29-36-56)50-24-19-47(4)20-25-50)57-37-30-53(31-38-57)51-26-21-48(5)22-27-51;2-1-4-3;;;/h20-43,48-49H,8-19,45-46H2,1-7H3;3,19-42,45-46H,6-7,9-18,43-44H2,1-2,4-5H3;1,3H;;;/q;;;2*+1;-1/p-1. The Morgan fingerprint density at radius 2 is 0.486 bits per heavy atom. The average molecular weight is 1890 g/mol. The zero-order chi connectivity index (χ0) is 95.2. The maximum atomic E-state index is 8.64. The van der Waals surface area contributed by atoms with Crippen LogP contribution >= 0.6 is 0 Å². The van der Waals surface area contributed by atoms with Crippen molar-refractivity contribution in [2.75, 3.05) is 9.80 Å². The van der Waals surface area contributed by atoms with Gasteiger partial charge in [-0.3, -0.25) is 4.79 Å². The van der Waals surface area contributed by atoms with Crippen LogP contribution in [0.3, 0.4) is 0 Å². The first-order chi connectivity index (χ1) is 66.4. The minimum Gasteiger partial charge on any atom is -1.00 e. The van der Waals surface area contributed by atoms with Crippen molar-refractivity contribution < 1.29 is 119 Å². The van der Waals surface area contributed by atoms with Crippen LogP contribution in [0.15, 0.2) is 315 Å². The van der Waals surface area contributed by atoms with E-state index in [1.54, 1.807) is 0 Å². The second kappa shape index (κ2) is 53.5. The van der Waals surface area contributed by atoms with E-state index in [1.165, 1.54) is 319 Å². The number of rotatable bonds is 41. The molecule has 0 bridgehead atoms. The number of unbranched alkanes of at least 4 members (excludes halogenated alkanes) is 20. The van der Waals surface area contributed by atoms with Gasteiger partial charge < -0.3 is 21.4 Å². The fourth-order valence-electron chi connectivity index (χ4n) is 20.6. The minimum absolute atomic E-state index is 0. The number of anilines is 6. The van der Waals surface area contributed by atoms with Crippen LogP contribution in [0, 0.1) is 51.5 Å². The molecule has 0 saturated heterocycles. The molecule has 5 nitrogen and oxygen atoms in total. The fraction of sp³-hybridized carbons (Fsp3) is 0.315. The number of hydrogen-bond acceptors (Lipinski definition) is 5. The van der Waals surface area contributed by atoms with Crippen molar-refractivity contribution in [3.05, 3.63) is 371 Å². The molecule has 2 aliphatic carbocycles. The van der Waals surface area contributed by atoms with Crippen molar-refractivity contribution in [3.8, 4) is 113 Å². The SMILES string of the molecule is C#Cc1ccc2c(c1)C(CCCCCCCC)(CCCCCCCC)c1cc(-c3ccc(N(c4ccc(-c5ccc(C)cc5)cc4)c4ccc(-c5ccc(C)cc5)cc4)cc3)ccc1-2.CCCCCCCCC1(CCCCCCCC)c2cc(C#C[Si](C)(C)C)ccc2-c2ccc(-c3ccc(N(c4ccc(-c5ccc(C)cc5)cc4)c4ccc(-c5ccc(C)cc5)cc4)cc3)cc21.O=CO[O-].[H-].[K+].[K+]. The molecule has 698 valence electrons. The summed E-state index contributed by atoms with van der Waals surface area (Å²) >= 11 is 0. The van der Waals surface area contributed by atoms with E-state index in [2.05, 4.69) is 423 Å². The van der Waals surface area contributed by atoms with Crippen molar-refractivity contribution in [2.45, 2.75) is 266 Å². The van der Waals surface area contributed by atoms with Crippen LogP contribution in [0.1, 0.15) is 265 Å². The normalized spacial score (nSPS) is 12.1. The molecule has 0 heterocycles. The van der Waals surface area contributed by atoms with Crippen LogP contribution in [-0.4, -0.2) is 14.5 Å². The molecule has 0 radical (unpaired) electrons. The van der Waals surface area contributed by atoms with Gasteiger partial charge in [-0.2, -0.15) is 0 Å². The van der Waals surface area contributed by atoms with Gasteiger partial charge in [-0.15, -0.1) is 12.0 Å². The van der Waals surface area contributed by atoms with E-state index in [0.717, 1.165) is 39.7 Å². The Morgan fingerprint density at radius 3 is 0.717 bits per heavy atom. The Balaban J connectivity index is 0.000000251. The smallest absolute Gasteiger partial charge is 1.00 e. The average Bonchev–Trinajstić information content (AvgIpc) is 1.56. The quantitative estimate of drug-likeness (QED) is 0.00954. The largest absolute Gasteiger partial charge is 1.00 e. The molecule has 0 fully saturated rings. The van der Waals surface area contributed by atoms with Crippen molar-refractivity contribution in [1.82, 2.24) is 0 Å². The summed E-state index contributed by atoms with van der Waals surface area (Å²) in [4.78, 5) is 16.0. The van der Waals surface area contributed by atoms with E-state index in [1.807, 2.05) is 0 Å². The first-order valence-corrected chi connectivity index (χ1v) is 54.7. The maximum absolute atomic E-state index is 8.64. The molecular weight excluding hydrogens is 1740 g/mol. The molecule has 138 heavy (non-hydrogen) atoms. The fourth-order valence-corrected chi connectivity index (χ4v) is 21.1. The van der Waals surface area contributed by atoms with Crippen LogP contribution in [0.25, 0.3) is 89.0 Å². The Morgan fingerprint density at radius 1 is 0.290 bits per heavy atom. The van der Waals surface area contributed by atoms with Gasteiger partial charge in [0.15, 0.2) is 0 Å². The summed E-state index contributed by atoms with van der Waals surface area (Å²) in [5, 5.41) is 8.43. The topological polar surface area (TPSA) is 55.8 Å². The van der Waals surface area contributed by atoms with Gasteiger partial charge in [0.25, 0.3) is 6.47 Å². The Labute approximate surface area is 916 Å². The zero-order valence-corrected chi connectivity index (χ0v) is 92.3. The number of hydrogen-bond donors (Lipinski definition) is 0. The van der Waals surface area contributed by atoms with Gasteiger partial charge in [-0.1, -0.05) is 442 Å². The van der Waals surface area contributed by atoms with Gasteiger partial charge in [-0.05, 0) is 274 Å². The van der Waals surface area contributed by atoms with Gasteiger partial charge >= 0.3 is 103 Å². The molecule has 14 aromatic carbocycles. The predicted octanol–water partition coefficient (Wildman–Crippen LogP) is 30.8. The van der Waals surface area contributed by atoms with Gasteiger partial charge in [0, 0.05) is 56.1 Å². The first-order valence-electron chi connectivity index (χ1n) is 51.2. The zero-order valence-electron chi connectivity index (χ0n) is 86.1. The molecular formula is C130H144K2N2O3Si. The van der Waals surface area contributed by atoms with Crippen molar-refractivity contribution in [2.24, 2.45) is 0 Å². The summed E-state index contributed by atoms with van der Waals surface area (Å²) in [6, 6.07) is 119. The summed E-state index contributed by atoms with van der Waals surface area (Å²) in [6.07, 6.45) is 42.2. The Hall–Kier alpha value is -9.28. The van der Waals surface area contributed by atoms with Crippen LogP contribution in [0.5, 0.6) is 0 Å². The molecule has 0 saturated carbocycles. The molecule has 8 heteroatoms. The molecule has 14 aromatic rings. The van der Waals surface area contributed by atoms with Crippen molar-refractivity contribution in [1.29, 1.82) is 0 Å². The summed E-state index contributed by atoms with van der Waals surface area (Å²) in [7, 11) is -1.53. The molecule has 0 amide bonds. The number of fused-ring (bicyclic) bond motifs is 6. The molecule has 0 atom stereocenters. The maximum Gasteiger partial charge on any atom is 1.00 e. The van der Waals surface area contributed by atoms with Crippen molar-refractivity contribution in [3.63, 3.8) is 0 Å². The van der Waals surface area contributed by atoms with E-state index in [-0.39, 0.29) is 121 Å². The molecule has 2 aliphatic rings. The summed E-state index contributed by atoms with van der Waals surface area (Å²) in [5.74, 6) is 6.66. The third kappa shape index (κ3) is 27.9. The third-order valence-electron chi connectivity index (χ3n) is 28.3. The van der Waals surface area contributed by atoms with Gasteiger partial charge in [-0.25, -0.2) is 0 Å². The van der Waals surface area contributed by atoms with E-state index in [4.69, 9.17) is 16.5 Å². The third-order valence-corrected chi connectivity index (χ3v) is 29.2. The number of benzene rings is 14. The van der Waals surface area contributed by atoms with E-state index in [9.17, 15) is 0 Å². The number of carbonyl (C=O) groups excluding carboxylic acids is 1. The number of nitrogens with zero attached hydrogens (tertiary/aromatic N) is 2. The number of terminal acetylenes is 1. The summed E-state index contributed by atoms with van der Waals surface area (Å²) in [6.45, 7) is 24.7. The predicted molar refractivity (Wildman–Crippen MR) is 585 cm³/mol. The van der Waals surface area contributed by atoms with Gasteiger partial charge in [0.1, 0.15) is 8.07 Å². The monoisotopic (exact) mass is 1890 g/mol. The summed E-state index contributed by atoms with van der Waals surface area (Å²) < 4.78 is 0. The van der Waals surface area contributed by atoms with Crippen LogP contribution in [0.4, 0.5) is 34.1 Å².